The number of aryl methyl sites for hydroxylation is 1. The van der Waals surface area contributed by atoms with Crippen LogP contribution in [-0.2, 0) is 4.79 Å². The SMILES string of the molecule is Cc1ccccc1OCC(=O)Nc1nnc(-c2ccn(C(C)C)n2)o1. The lowest BCUT2D eigenvalue weighted by Crippen LogP contribution is -2.20. The number of para-hydroxylation sites is 1. The van der Waals surface area contributed by atoms with Crippen molar-refractivity contribution >= 4 is 11.9 Å². The van der Waals surface area contributed by atoms with Gasteiger partial charge in [-0.1, -0.05) is 23.3 Å². The van der Waals surface area contributed by atoms with Gasteiger partial charge in [0.15, 0.2) is 6.61 Å². The zero-order chi connectivity index (χ0) is 17.8. The highest BCUT2D eigenvalue weighted by atomic mass is 16.5. The molecule has 0 unspecified atom stereocenters. The highest BCUT2D eigenvalue weighted by Gasteiger charge is 2.14. The fraction of sp³-hybridized carbons (Fsp3) is 0.294. The van der Waals surface area contributed by atoms with E-state index in [2.05, 4.69) is 20.6 Å². The van der Waals surface area contributed by atoms with Crippen LogP contribution in [0.25, 0.3) is 11.6 Å². The maximum atomic E-state index is 12.0. The van der Waals surface area contributed by atoms with E-state index >= 15 is 0 Å². The summed E-state index contributed by atoms with van der Waals surface area (Å²) >= 11 is 0. The molecule has 3 aromatic rings. The normalized spacial score (nSPS) is 10.9. The Hall–Kier alpha value is -3.16. The van der Waals surface area contributed by atoms with Gasteiger partial charge in [-0.05, 0) is 38.5 Å². The average molecular weight is 341 g/mol. The highest BCUT2D eigenvalue weighted by Crippen LogP contribution is 2.19. The van der Waals surface area contributed by atoms with E-state index in [1.807, 2.05) is 45.2 Å². The lowest BCUT2D eigenvalue weighted by molar-refractivity contribution is -0.118. The van der Waals surface area contributed by atoms with Gasteiger partial charge in [-0.3, -0.25) is 14.8 Å². The quantitative estimate of drug-likeness (QED) is 0.741. The van der Waals surface area contributed by atoms with E-state index in [-0.39, 0.29) is 30.5 Å². The molecular weight excluding hydrogens is 322 g/mol. The Balaban J connectivity index is 1.59. The average Bonchev–Trinajstić information content (AvgIpc) is 3.23. The lowest BCUT2D eigenvalue weighted by atomic mass is 10.2. The number of ether oxygens (including phenoxy) is 1. The second kappa shape index (κ2) is 7.16. The number of aromatic nitrogens is 4. The van der Waals surface area contributed by atoms with Gasteiger partial charge in [-0.15, -0.1) is 5.10 Å². The summed E-state index contributed by atoms with van der Waals surface area (Å²) in [6.45, 7) is 5.80. The van der Waals surface area contributed by atoms with Crippen molar-refractivity contribution in [3.05, 3.63) is 42.1 Å². The predicted octanol–water partition coefficient (Wildman–Crippen LogP) is 2.84. The van der Waals surface area contributed by atoms with Crippen molar-refractivity contribution in [3.8, 4) is 17.3 Å². The summed E-state index contributed by atoms with van der Waals surface area (Å²) in [6.07, 6.45) is 1.83. The van der Waals surface area contributed by atoms with Gasteiger partial charge >= 0.3 is 6.01 Å². The second-order valence-electron chi connectivity index (χ2n) is 5.79. The fourth-order valence-electron chi connectivity index (χ4n) is 2.13. The van der Waals surface area contributed by atoms with Crippen molar-refractivity contribution < 1.29 is 13.9 Å². The van der Waals surface area contributed by atoms with E-state index in [1.165, 1.54) is 0 Å². The first-order chi connectivity index (χ1) is 12.0. The maximum Gasteiger partial charge on any atom is 0.322 e. The summed E-state index contributed by atoms with van der Waals surface area (Å²) in [4.78, 5) is 12.0. The first kappa shape index (κ1) is 16.7. The molecule has 0 radical (unpaired) electrons. The fourth-order valence-corrected chi connectivity index (χ4v) is 2.13. The molecule has 1 aromatic carbocycles. The molecule has 0 spiro atoms. The number of hydrogen-bond acceptors (Lipinski definition) is 6. The van der Waals surface area contributed by atoms with E-state index in [4.69, 9.17) is 9.15 Å². The Kier molecular flexibility index (Phi) is 4.78. The van der Waals surface area contributed by atoms with Crippen molar-refractivity contribution in [2.45, 2.75) is 26.8 Å². The number of rotatable bonds is 6. The first-order valence-corrected chi connectivity index (χ1v) is 7.90. The molecule has 0 fully saturated rings. The van der Waals surface area contributed by atoms with Crippen molar-refractivity contribution in [1.82, 2.24) is 20.0 Å². The molecule has 0 saturated carbocycles. The van der Waals surface area contributed by atoms with Crippen LogP contribution in [0.4, 0.5) is 6.01 Å². The number of amides is 1. The van der Waals surface area contributed by atoms with Gasteiger partial charge in [0, 0.05) is 12.2 Å². The summed E-state index contributed by atoms with van der Waals surface area (Å²) in [5, 5.41) is 14.6. The lowest BCUT2D eigenvalue weighted by Gasteiger charge is -2.07. The number of nitrogens with one attached hydrogen (secondary N) is 1. The molecule has 0 bridgehead atoms. The number of anilines is 1. The number of nitrogens with zero attached hydrogens (tertiary/aromatic N) is 4. The van der Waals surface area contributed by atoms with Crippen LogP contribution in [0.1, 0.15) is 25.5 Å². The summed E-state index contributed by atoms with van der Waals surface area (Å²) in [5.41, 5.74) is 1.51. The molecule has 0 atom stereocenters. The molecule has 0 aliphatic heterocycles. The van der Waals surface area contributed by atoms with E-state index in [1.54, 1.807) is 16.8 Å². The van der Waals surface area contributed by atoms with Crippen molar-refractivity contribution in [2.75, 3.05) is 11.9 Å². The van der Waals surface area contributed by atoms with E-state index in [0.717, 1.165) is 5.56 Å². The molecule has 3 rings (SSSR count). The summed E-state index contributed by atoms with van der Waals surface area (Å²) in [5.74, 6) is 0.517. The smallest absolute Gasteiger partial charge is 0.322 e. The third-order valence-electron chi connectivity index (χ3n) is 3.48. The summed E-state index contributed by atoms with van der Waals surface area (Å²) < 4.78 is 12.7. The zero-order valence-corrected chi connectivity index (χ0v) is 14.3. The van der Waals surface area contributed by atoms with Crippen LogP contribution in [0.3, 0.4) is 0 Å². The summed E-state index contributed by atoms with van der Waals surface area (Å²) in [7, 11) is 0. The number of carbonyl (C=O) groups is 1. The largest absolute Gasteiger partial charge is 0.483 e. The van der Waals surface area contributed by atoms with Gasteiger partial charge in [0.25, 0.3) is 11.8 Å². The van der Waals surface area contributed by atoms with Gasteiger partial charge in [-0.25, -0.2) is 0 Å². The van der Waals surface area contributed by atoms with Crippen LogP contribution in [-0.4, -0.2) is 32.5 Å². The highest BCUT2D eigenvalue weighted by molar-refractivity contribution is 5.89. The van der Waals surface area contributed by atoms with E-state index in [9.17, 15) is 4.79 Å². The third kappa shape index (κ3) is 4.03. The Bertz CT molecular complexity index is 869. The minimum absolute atomic E-state index is 0.00693. The Morgan fingerprint density at radius 2 is 2.08 bits per heavy atom. The van der Waals surface area contributed by atoms with Crippen molar-refractivity contribution in [2.24, 2.45) is 0 Å². The minimum atomic E-state index is -0.383. The van der Waals surface area contributed by atoms with Crippen LogP contribution < -0.4 is 10.1 Å². The van der Waals surface area contributed by atoms with Gasteiger partial charge in [0.1, 0.15) is 11.4 Å². The van der Waals surface area contributed by atoms with Crippen molar-refractivity contribution in [1.29, 1.82) is 0 Å². The zero-order valence-electron chi connectivity index (χ0n) is 14.3. The number of hydrogen-bond donors (Lipinski definition) is 1. The topological polar surface area (TPSA) is 95.1 Å². The first-order valence-electron chi connectivity index (χ1n) is 7.90. The van der Waals surface area contributed by atoms with Crippen molar-refractivity contribution in [3.63, 3.8) is 0 Å². The second-order valence-corrected chi connectivity index (χ2v) is 5.79. The van der Waals surface area contributed by atoms with Crippen LogP contribution >= 0.6 is 0 Å². The molecule has 25 heavy (non-hydrogen) atoms. The number of benzene rings is 1. The van der Waals surface area contributed by atoms with Gasteiger partial charge in [0.2, 0.25) is 0 Å². The third-order valence-corrected chi connectivity index (χ3v) is 3.48. The molecule has 0 aliphatic rings. The molecule has 0 aliphatic carbocycles. The molecular formula is C17H19N5O3. The molecule has 8 heteroatoms. The van der Waals surface area contributed by atoms with Crippen LogP contribution in [0.5, 0.6) is 5.75 Å². The van der Waals surface area contributed by atoms with E-state index in [0.29, 0.717) is 11.4 Å². The Labute approximate surface area is 144 Å². The van der Waals surface area contributed by atoms with Gasteiger partial charge in [-0.2, -0.15) is 5.10 Å². The van der Waals surface area contributed by atoms with Gasteiger partial charge < -0.3 is 9.15 Å². The van der Waals surface area contributed by atoms with E-state index < -0.39 is 0 Å². The molecule has 1 amide bonds. The number of carbonyl (C=O) groups excluding carboxylic acids is 1. The molecule has 1 N–H and O–H groups in total. The van der Waals surface area contributed by atoms with Crippen LogP contribution in [0.15, 0.2) is 40.9 Å². The summed E-state index contributed by atoms with van der Waals surface area (Å²) in [6, 6.07) is 9.48. The van der Waals surface area contributed by atoms with Crippen LogP contribution in [0.2, 0.25) is 0 Å². The minimum Gasteiger partial charge on any atom is -0.483 e. The predicted molar refractivity (Wildman–Crippen MR) is 91.2 cm³/mol. The molecule has 0 saturated heterocycles. The monoisotopic (exact) mass is 341 g/mol. The molecule has 2 heterocycles. The van der Waals surface area contributed by atoms with Gasteiger partial charge in [0.05, 0.1) is 0 Å². The molecule has 8 nitrogen and oxygen atoms in total. The Morgan fingerprint density at radius 3 is 2.80 bits per heavy atom. The molecule has 130 valence electrons. The Morgan fingerprint density at radius 1 is 1.28 bits per heavy atom. The standard InChI is InChI=1S/C17H19N5O3/c1-11(2)22-9-8-13(21-22)16-19-20-17(25-16)18-15(23)10-24-14-7-5-4-6-12(14)3/h4-9,11H,10H2,1-3H3,(H,18,20,23). The molecule has 2 aromatic heterocycles. The van der Waals surface area contributed by atoms with Crippen LogP contribution in [0, 0.1) is 6.92 Å². The maximum absolute atomic E-state index is 12.0.